The molecule has 0 aromatic rings. The number of rotatable bonds is 3. The van der Waals surface area contributed by atoms with Crippen molar-refractivity contribution in [2.45, 2.75) is 27.2 Å². The van der Waals surface area contributed by atoms with Crippen molar-refractivity contribution in [3.05, 3.63) is 0 Å². The molecule has 68 valence electrons. The lowest BCUT2D eigenvalue weighted by atomic mass is 10.1. The summed E-state index contributed by atoms with van der Waals surface area (Å²) in [6, 6.07) is 0. The molecule has 2 heteroatoms. The third kappa shape index (κ3) is 5.22. The zero-order valence-electron chi connectivity index (χ0n) is 7.93. The maximum atomic E-state index is 5.24. The molecule has 1 aliphatic heterocycles. The fraction of sp³-hybridized carbons (Fsp3) is 1.00. The van der Waals surface area contributed by atoms with Gasteiger partial charge in [-0.3, -0.25) is 0 Å². The smallest absolute Gasteiger partial charge is 0.0517 e. The summed E-state index contributed by atoms with van der Waals surface area (Å²) in [5, 5.41) is 0. The lowest BCUT2D eigenvalue weighted by Crippen LogP contribution is -2.08. The molecular formula is C9H20O2. The Bertz CT molecular complexity index is 68.0. The van der Waals surface area contributed by atoms with E-state index in [4.69, 9.17) is 9.47 Å². The van der Waals surface area contributed by atoms with Crippen LogP contribution >= 0.6 is 0 Å². The Hall–Kier alpha value is -0.0800. The summed E-state index contributed by atoms with van der Waals surface area (Å²) in [4.78, 5) is 0. The van der Waals surface area contributed by atoms with Crippen LogP contribution in [0.2, 0.25) is 0 Å². The van der Waals surface area contributed by atoms with Crippen molar-refractivity contribution < 1.29 is 9.47 Å². The number of ether oxygens (including phenoxy) is 2. The molecular weight excluding hydrogens is 140 g/mol. The fourth-order valence-corrected chi connectivity index (χ4v) is 0.999. The van der Waals surface area contributed by atoms with Crippen molar-refractivity contribution in [1.82, 2.24) is 0 Å². The van der Waals surface area contributed by atoms with Gasteiger partial charge in [0, 0.05) is 19.1 Å². The second-order valence-corrected chi connectivity index (χ2v) is 2.39. The Morgan fingerprint density at radius 2 is 2.18 bits per heavy atom. The van der Waals surface area contributed by atoms with E-state index in [9.17, 15) is 0 Å². The molecule has 0 bridgehead atoms. The Morgan fingerprint density at radius 3 is 2.64 bits per heavy atom. The molecule has 1 saturated heterocycles. The van der Waals surface area contributed by atoms with E-state index < -0.39 is 0 Å². The van der Waals surface area contributed by atoms with Gasteiger partial charge in [0.2, 0.25) is 0 Å². The largest absolute Gasteiger partial charge is 0.381 e. The van der Waals surface area contributed by atoms with E-state index in [-0.39, 0.29) is 0 Å². The van der Waals surface area contributed by atoms with Gasteiger partial charge in [0.25, 0.3) is 0 Å². The molecule has 1 atom stereocenters. The van der Waals surface area contributed by atoms with Crippen LogP contribution in [0.3, 0.4) is 0 Å². The minimum Gasteiger partial charge on any atom is -0.381 e. The Balaban J connectivity index is 0.000000461. The van der Waals surface area contributed by atoms with Crippen LogP contribution in [0.25, 0.3) is 0 Å². The molecule has 0 aromatic heterocycles. The summed E-state index contributed by atoms with van der Waals surface area (Å²) in [7, 11) is 0. The summed E-state index contributed by atoms with van der Waals surface area (Å²) < 4.78 is 10.4. The summed E-state index contributed by atoms with van der Waals surface area (Å²) in [5.41, 5.74) is 0. The first-order valence-corrected chi connectivity index (χ1v) is 4.59. The van der Waals surface area contributed by atoms with E-state index in [1.165, 1.54) is 6.42 Å². The van der Waals surface area contributed by atoms with Gasteiger partial charge in [-0.25, -0.2) is 0 Å². The van der Waals surface area contributed by atoms with Gasteiger partial charge in [0.1, 0.15) is 0 Å². The van der Waals surface area contributed by atoms with Gasteiger partial charge in [-0.15, -0.1) is 0 Å². The molecule has 1 heterocycles. The van der Waals surface area contributed by atoms with E-state index in [2.05, 4.69) is 0 Å². The Morgan fingerprint density at radius 1 is 1.45 bits per heavy atom. The molecule has 0 amide bonds. The molecule has 0 saturated carbocycles. The topological polar surface area (TPSA) is 18.5 Å². The molecule has 11 heavy (non-hydrogen) atoms. The lowest BCUT2D eigenvalue weighted by Gasteiger charge is -2.05. The molecule has 1 rings (SSSR count). The third-order valence-electron chi connectivity index (χ3n) is 1.58. The van der Waals surface area contributed by atoms with Crippen LogP contribution in [0.15, 0.2) is 0 Å². The normalized spacial score (nSPS) is 22.6. The van der Waals surface area contributed by atoms with Gasteiger partial charge in [-0.05, 0) is 13.3 Å². The molecule has 1 fully saturated rings. The highest BCUT2D eigenvalue weighted by atomic mass is 16.5. The van der Waals surface area contributed by atoms with Crippen molar-refractivity contribution in [2.75, 3.05) is 26.4 Å². The van der Waals surface area contributed by atoms with Gasteiger partial charge in [-0.1, -0.05) is 13.8 Å². The van der Waals surface area contributed by atoms with Crippen LogP contribution < -0.4 is 0 Å². The van der Waals surface area contributed by atoms with E-state index in [1.807, 2.05) is 20.8 Å². The molecule has 0 spiro atoms. The van der Waals surface area contributed by atoms with Crippen LogP contribution in [0.5, 0.6) is 0 Å². The summed E-state index contributed by atoms with van der Waals surface area (Å²) in [5.74, 6) is 0.671. The van der Waals surface area contributed by atoms with Crippen LogP contribution in [-0.4, -0.2) is 26.4 Å². The predicted octanol–water partition coefficient (Wildman–Crippen LogP) is 2.09. The summed E-state index contributed by atoms with van der Waals surface area (Å²) in [6.07, 6.45) is 1.18. The van der Waals surface area contributed by atoms with Crippen molar-refractivity contribution in [2.24, 2.45) is 5.92 Å². The van der Waals surface area contributed by atoms with Gasteiger partial charge in [-0.2, -0.15) is 0 Å². The van der Waals surface area contributed by atoms with Gasteiger partial charge in [0.15, 0.2) is 0 Å². The van der Waals surface area contributed by atoms with Crippen LogP contribution in [0.4, 0.5) is 0 Å². The second-order valence-electron chi connectivity index (χ2n) is 2.39. The monoisotopic (exact) mass is 160 g/mol. The first-order chi connectivity index (χ1) is 5.43. The van der Waals surface area contributed by atoms with Crippen molar-refractivity contribution in [3.8, 4) is 0 Å². The highest BCUT2D eigenvalue weighted by Crippen LogP contribution is 2.11. The van der Waals surface area contributed by atoms with E-state index in [1.54, 1.807) is 0 Å². The van der Waals surface area contributed by atoms with Gasteiger partial charge < -0.3 is 9.47 Å². The predicted molar refractivity (Wildman–Crippen MR) is 46.8 cm³/mol. The highest BCUT2D eigenvalue weighted by molar-refractivity contribution is 4.62. The highest BCUT2D eigenvalue weighted by Gasteiger charge is 2.14. The van der Waals surface area contributed by atoms with Gasteiger partial charge >= 0.3 is 0 Å². The zero-order chi connectivity index (χ0) is 8.53. The summed E-state index contributed by atoms with van der Waals surface area (Å²) >= 11 is 0. The minimum atomic E-state index is 0.671. The SMILES string of the molecule is CC.CCOC[C@@H]1CCOC1. The molecule has 2 nitrogen and oxygen atoms in total. The average molecular weight is 160 g/mol. The number of hydrogen-bond donors (Lipinski definition) is 0. The Kier molecular flexibility index (Phi) is 7.96. The first kappa shape index (κ1) is 10.9. The van der Waals surface area contributed by atoms with Crippen LogP contribution in [0.1, 0.15) is 27.2 Å². The Labute approximate surface area is 69.9 Å². The quantitative estimate of drug-likeness (QED) is 0.629. The minimum absolute atomic E-state index is 0.671. The molecule has 0 aliphatic carbocycles. The van der Waals surface area contributed by atoms with E-state index in [0.717, 1.165) is 26.4 Å². The molecule has 0 unspecified atom stereocenters. The van der Waals surface area contributed by atoms with Crippen LogP contribution in [0, 0.1) is 5.92 Å². The molecule has 0 N–H and O–H groups in total. The molecule has 1 aliphatic rings. The molecule has 0 radical (unpaired) electrons. The fourth-order valence-electron chi connectivity index (χ4n) is 0.999. The van der Waals surface area contributed by atoms with Crippen LogP contribution in [-0.2, 0) is 9.47 Å². The molecule has 0 aromatic carbocycles. The standard InChI is InChI=1S/C7H14O2.C2H6/c1-2-8-5-7-3-4-9-6-7;1-2/h7H,2-6H2,1H3;1-2H3/t7-;/m0./s1. The lowest BCUT2D eigenvalue weighted by molar-refractivity contribution is 0.0987. The van der Waals surface area contributed by atoms with Crippen molar-refractivity contribution in [1.29, 1.82) is 0 Å². The van der Waals surface area contributed by atoms with E-state index >= 15 is 0 Å². The second kappa shape index (κ2) is 8.02. The van der Waals surface area contributed by atoms with Crippen molar-refractivity contribution >= 4 is 0 Å². The first-order valence-electron chi connectivity index (χ1n) is 4.59. The third-order valence-corrected chi connectivity index (χ3v) is 1.58. The van der Waals surface area contributed by atoms with Gasteiger partial charge in [0.05, 0.1) is 13.2 Å². The maximum absolute atomic E-state index is 5.24. The zero-order valence-corrected chi connectivity index (χ0v) is 7.93. The van der Waals surface area contributed by atoms with Crippen molar-refractivity contribution in [3.63, 3.8) is 0 Å². The maximum Gasteiger partial charge on any atom is 0.0517 e. The van der Waals surface area contributed by atoms with E-state index in [0.29, 0.717) is 5.92 Å². The average Bonchev–Trinajstić information content (AvgIpc) is 2.57. The summed E-state index contributed by atoms with van der Waals surface area (Å²) in [6.45, 7) is 9.57. The number of hydrogen-bond acceptors (Lipinski definition) is 2.